The maximum Gasteiger partial charge on any atom is 0.339 e. The molecule has 149 heavy (non-hydrogen) atoms. The average Bonchev–Trinajstić information content (AvgIpc) is 1.10. The summed E-state index contributed by atoms with van der Waals surface area (Å²) >= 11 is 3.49. The number of nitrogens with one attached hydrogen (secondary N) is 2. The topological polar surface area (TPSA) is 440 Å². The van der Waals surface area contributed by atoms with Crippen molar-refractivity contribution in [1.82, 2.24) is 59.5 Å². The fourth-order valence-corrected chi connectivity index (χ4v) is 20.1. The number of ether oxygens (including phenoxy) is 5. The van der Waals surface area contributed by atoms with Gasteiger partial charge in [-0.25, -0.2) is 24.7 Å². The minimum atomic E-state index is -0.503. The molecule has 5 N–H and O–H groups in total. The number of aromatic nitrogens is 8. The number of nitrogens with two attached hydrogens (primary N) is 1. The van der Waals surface area contributed by atoms with Crippen molar-refractivity contribution in [2.45, 2.75) is 63.0 Å². The zero-order chi connectivity index (χ0) is 104. The van der Waals surface area contributed by atoms with E-state index in [1.807, 2.05) is 165 Å². The summed E-state index contributed by atoms with van der Waals surface area (Å²) in [6.07, 6.45) is 14.3. The second-order valence-corrected chi connectivity index (χ2v) is 35.5. The molecule has 2 fully saturated rings. The Bertz CT molecular complexity index is 7960. The largest absolute Gasteiger partial charge is 0.465 e. The summed E-state index contributed by atoms with van der Waals surface area (Å²) in [5, 5.41) is 73.8. The molecule has 2 amide bonds. The van der Waals surface area contributed by atoms with E-state index in [1.165, 1.54) is 12.7 Å². The molecule has 38 heteroatoms. The predicted octanol–water partition coefficient (Wildman–Crippen LogP) is 19.7. The Morgan fingerprint density at radius 1 is 0.436 bits per heavy atom. The number of nitrogens with zero attached hydrogens (tertiary/aromatic N) is 16. The smallest absolute Gasteiger partial charge is 0.339 e. The van der Waals surface area contributed by atoms with Gasteiger partial charge >= 0.3 is 5.97 Å². The minimum absolute atomic E-state index is 0.00820. The number of aliphatic hydroxyl groups excluding tert-OH is 1. The molecule has 0 radical (unpaired) electrons. The summed E-state index contributed by atoms with van der Waals surface area (Å²) in [6, 6.07) is 80.8. The van der Waals surface area contributed by atoms with Crippen LogP contribution < -0.4 is 45.1 Å². The lowest BCUT2D eigenvalue weighted by molar-refractivity contribution is -0.383. The highest BCUT2D eigenvalue weighted by molar-refractivity contribution is 9.08. The van der Waals surface area contributed by atoms with Crippen molar-refractivity contribution in [1.29, 1.82) is 0 Å². The second-order valence-electron chi connectivity index (χ2n) is 35.0. The Labute approximate surface area is 862 Å². The van der Waals surface area contributed by atoms with Crippen LogP contribution in [0.25, 0.3) is 98.1 Å². The van der Waals surface area contributed by atoms with Crippen LogP contribution in [0, 0.1) is 40.5 Å². The first-order chi connectivity index (χ1) is 72.7. The molecule has 36 nitrogen and oxygen atoms in total. The van der Waals surface area contributed by atoms with Crippen molar-refractivity contribution in [2.75, 3.05) is 82.2 Å². The van der Waals surface area contributed by atoms with Crippen LogP contribution in [-0.4, -0.2) is 170 Å². The van der Waals surface area contributed by atoms with Gasteiger partial charge < -0.3 is 55.0 Å². The molecule has 23 rings (SSSR count). The highest BCUT2D eigenvalue weighted by Gasteiger charge is 2.35. The van der Waals surface area contributed by atoms with Crippen LogP contribution in [0.4, 0.5) is 40.1 Å². The molecule has 0 spiro atoms. The van der Waals surface area contributed by atoms with Gasteiger partial charge in [-0.2, -0.15) is 9.97 Å². The van der Waals surface area contributed by atoms with E-state index >= 15 is 0 Å². The van der Waals surface area contributed by atoms with Crippen LogP contribution in [-0.2, 0) is 52.4 Å². The fourth-order valence-electron chi connectivity index (χ4n) is 19.5. The quantitative estimate of drug-likeness (QED) is 0.00878. The van der Waals surface area contributed by atoms with Crippen LogP contribution in [0.1, 0.15) is 56.6 Å². The van der Waals surface area contributed by atoms with Gasteiger partial charge in [-0.05, 0) is 151 Å². The maximum atomic E-state index is 13.4. The Morgan fingerprint density at radius 3 is 1.18 bits per heavy atom. The first-order valence-electron chi connectivity index (χ1n) is 47.6. The lowest BCUT2D eigenvalue weighted by Crippen LogP contribution is -2.54. The van der Waals surface area contributed by atoms with E-state index < -0.39 is 10.9 Å². The van der Waals surface area contributed by atoms with Crippen LogP contribution in [0.15, 0.2) is 317 Å². The number of rotatable bonds is 23. The lowest BCUT2D eigenvalue weighted by atomic mass is 9.95. The molecule has 8 heterocycles. The number of hydrogen-bond donors (Lipinski definition) is 4. The zero-order valence-corrected chi connectivity index (χ0v) is 83.4. The molecular weight excluding hydrogens is 1980 g/mol. The molecule has 4 aromatic heterocycles. The number of piperazine rings is 2. The number of esters is 1. The Kier molecular flexibility index (Phi) is 31.7. The number of carbonyl (C=O) groups excluding carboxylic acids is 3. The van der Waals surface area contributed by atoms with Crippen molar-refractivity contribution in [2.24, 2.45) is 0 Å². The molecule has 4 aliphatic heterocycles. The fraction of sp³-hybridized carbons (Fsp3) is 0.180. The number of anilines is 3. The third kappa shape index (κ3) is 22.3. The summed E-state index contributed by atoms with van der Waals surface area (Å²) < 4.78 is 30.1. The first kappa shape index (κ1) is 101. The van der Waals surface area contributed by atoms with Crippen LogP contribution in [0.5, 0.6) is 23.0 Å². The normalized spacial score (nSPS) is 14.0. The van der Waals surface area contributed by atoms with E-state index in [-0.39, 0.29) is 88.0 Å². The highest BCUT2D eigenvalue weighted by Crippen LogP contribution is 2.44. The van der Waals surface area contributed by atoms with Gasteiger partial charge in [-0.1, -0.05) is 199 Å². The van der Waals surface area contributed by atoms with Crippen molar-refractivity contribution >= 4 is 169 Å². The monoisotopic (exact) mass is 2080 g/mol. The van der Waals surface area contributed by atoms with Crippen molar-refractivity contribution in [3.63, 3.8) is 0 Å². The Balaban J connectivity index is 0.000000128. The molecule has 0 aliphatic carbocycles. The summed E-state index contributed by atoms with van der Waals surface area (Å²) in [7, 11) is 3.72. The zero-order valence-electron chi connectivity index (χ0n) is 80.7. The molecule has 0 saturated carbocycles. The number of imidazole rings is 2. The van der Waals surface area contributed by atoms with Gasteiger partial charge in [0.25, 0.3) is 22.7 Å². The maximum absolute atomic E-state index is 13.4. The Hall–Kier alpha value is -17.6. The number of alkyl halides is 1. The molecular formula is C111H99BrN19O17P. The van der Waals surface area contributed by atoms with Crippen LogP contribution in [0.3, 0.4) is 0 Å². The summed E-state index contributed by atoms with van der Waals surface area (Å²) in [5.41, 5.74) is 13.7. The van der Waals surface area contributed by atoms with Gasteiger partial charge in [-0.15, -0.1) is 9.24 Å². The summed E-state index contributed by atoms with van der Waals surface area (Å²) in [5.74, 6) is 4.72. The predicted molar refractivity (Wildman–Crippen MR) is 578 cm³/mol. The summed E-state index contributed by atoms with van der Waals surface area (Å²) in [6.45, 7) is 8.46. The standard InChI is InChI=1S/C32H30N8O5.C32H32N8O3.C16H11NO4.C15H10BrNO2.C15H11NO3.CH5P/c41-31(35-17-22-5-8-28-29(15-22)45-21-44-28)16-24-19-37(18-23-6-7-27(40(42)43)26-4-2-1-3-25(23)26)13-14-39(24)30-9-10-34-32(36-30)38-12-11-33-20-38;33-27-7-6-23(25-3-1-2-4-26(25)27)18-38-13-14-40(30-9-10-35-32(37-30)39-12-11-34-20-39)24(19-38)16-31(41)36-17-22-5-8-28-29(15-22)43-21-42-28;1-21-16(18)14-10-6-2-4-8-12(10)15(17(19)20)13-9-5-3-7-11(13)14;16-9-14-10-5-1-3-7-12(10)15(17(18)19)13-8-4-2-6-11(13)14;17-9-14-10-5-1-3-7-12(10)15(16(18)19)13-8-4-2-6-11(13)14;1-2/h1-12,15,20,24H,13-14,16-19,21H2,(H,35,41);1-12,15,20,24H,13-14,16-19,21,33H2,(H,36,41);2-9H,1H3;1-8H,9H2;1-8,17H,9H2;2H2,1H3. The molecule has 4 aliphatic rings. The number of nitro groups is 4. The number of fused-ring (bicyclic) bond motifs is 10. The van der Waals surface area contributed by atoms with Crippen molar-refractivity contribution in [3.8, 4) is 34.9 Å². The first-order valence-corrected chi connectivity index (χ1v) is 49.9. The minimum Gasteiger partial charge on any atom is -0.465 e. The molecule has 15 aromatic carbocycles. The molecule has 3 atom stereocenters. The number of non-ortho nitro benzene ring substituents is 4. The number of methoxy groups -OCH3 is 1. The number of benzene rings is 15. The van der Waals surface area contributed by atoms with Gasteiger partial charge in [0, 0.05) is 149 Å². The van der Waals surface area contributed by atoms with Gasteiger partial charge in [-0.3, -0.25) is 69.0 Å². The van der Waals surface area contributed by atoms with Crippen LogP contribution in [0.2, 0.25) is 0 Å². The molecule has 752 valence electrons. The van der Waals surface area contributed by atoms with Gasteiger partial charge in [0.2, 0.25) is 37.3 Å². The number of carbonyl (C=O) groups is 3. The van der Waals surface area contributed by atoms with E-state index in [4.69, 9.17) is 39.4 Å². The number of nitro benzene ring substituents is 4. The lowest BCUT2D eigenvalue weighted by Gasteiger charge is -2.42. The number of nitrogen functional groups attached to an aromatic ring is 1. The third-order valence-electron chi connectivity index (χ3n) is 26.3. The van der Waals surface area contributed by atoms with E-state index in [0.717, 1.165) is 102 Å². The Morgan fingerprint density at radius 2 is 0.799 bits per heavy atom. The van der Waals surface area contributed by atoms with E-state index in [1.54, 1.807) is 150 Å². The number of hydrogen-bond acceptors (Lipinski definition) is 28. The van der Waals surface area contributed by atoms with Gasteiger partial charge in [0.05, 0.1) is 88.8 Å². The van der Waals surface area contributed by atoms with E-state index in [9.17, 15) is 59.9 Å². The van der Waals surface area contributed by atoms with Crippen molar-refractivity contribution < 1.29 is 62.9 Å². The van der Waals surface area contributed by atoms with E-state index in [0.29, 0.717) is 147 Å². The SMILES string of the molecule is COC(=O)c1c2ccccc2c([N+](=O)[O-])c2ccccc12.CP.Nc1ccc(CN2CCN(c3ccnc(-n4ccnc4)n3)C(CC(=O)NCc3ccc4c(c3)OCO4)C2)c2ccccc12.O=C(CC1CN(Cc2ccc([N+](=O)[O-])c3ccccc23)CCN1c1ccnc(-n2ccnc2)n1)NCc1ccc2c(c1)OCO2.O=[N+]([O-])c1c2ccccc2c(CBr)c2ccccc12.O=[N+]([O-])c1c2ccccc2c(CO)c2ccccc12. The molecule has 0 bridgehead atoms. The van der Waals surface area contributed by atoms with E-state index in [2.05, 4.69) is 93.5 Å². The average molecular weight is 2080 g/mol. The highest BCUT2D eigenvalue weighted by atomic mass is 79.9. The third-order valence-corrected chi connectivity index (χ3v) is 26.9. The van der Waals surface area contributed by atoms with Crippen LogP contribution >= 0.6 is 25.2 Å². The number of amides is 2. The molecule has 3 unspecified atom stereocenters. The second kappa shape index (κ2) is 46.6. The molecule has 2 saturated heterocycles. The molecule has 19 aromatic rings. The van der Waals surface area contributed by atoms with Gasteiger partial charge in [0.1, 0.15) is 24.3 Å². The number of aliphatic hydroxyl groups is 1. The summed E-state index contributed by atoms with van der Waals surface area (Å²) in [4.78, 5) is 119. The van der Waals surface area contributed by atoms with Gasteiger partial charge in [0.15, 0.2) is 23.0 Å². The van der Waals surface area contributed by atoms with Crippen molar-refractivity contribution in [3.05, 3.63) is 396 Å². The number of halogens is 1.